The minimum Gasteiger partial charge on any atom is -0.385 e. The highest BCUT2D eigenvalue weighted by molar-refractivity contribution is 7.88. The predicted molar refractivity (Wildman–Crippen MR) is 69.7 cm³/mol. The highest BCUT2D eigenvalue weighted by Crippen LogP contribution is 2.10. The van der Waals surface area contributed by atoms with Crippen LogP contribution in [-0.4, -0.2) is 39.8 Å². The molecule has 0 saturated carbocycles. The summed E-state index contributed by atoms with van der Waals surface area (Å²) in [6.07, 6.45) is 3.59. The first kappa shape index (κ1) is 13.7. The SMILES string of the molecule is CNc1cc(NCCCNS(C)(=O)=O)ccn1. The summed E-state index contributed by atoms with van der Waals surface area (Å²) in [6, 6.07) is 3.76. The van der Waals surface area contributed by atoms with Crippen LogP contribution < -0.4 is 15.4 Å². The van der Waals surface area contributed by atoms with Crippen LogP contribution >= 0.6 is 0 Å². The molecule has 0 bridgehead atoms. The third-order valence-corrected chi connectivity index (χ3v) is 2.79. The molecule has 1 aromatic rings. The number of hydrogen-bond donors (Lipinski definition) is 3. The lowest BCUT2D eigenvalue weighted by molar-refractivity contribution is 0.586. The molecule has 96 valence electrons. The van der Waals surface area contributed by atoms with Crippen molar-refractivity contribution in [3.05, 3.63) is 18.3 Å². The highest BCUT2D eigenvalue weighted by Gasteiger charge is 1.99. The number of pyridine rings is 1. The largest absolute Gasteiger partial charge is 0.385 e. The van der Waals surface area contributed by atoms with Crippen LogP contribution in [0.1, 0.15) is 6.42 Å². The van der Waals surface area contributed by atoms with E-state index < -0.39 is 10.0 Å². The van der Waals surface area contributed by atoms with Gasteiger partial charge in [-0.1, -0.05) is 0 Å². The van der Waals surface area contributed by atoms with Crippen molar-refractivity contribution in [2.45, 2.75) is 6.42 Å². The van der Waals surface area contributed by atoms with E-state index in [0.29, 0.717) is 13.1 Å². The van der Waals surface area contributed by atoms with E-state index in [1.807, 2.05) is 19.2 Å². The van der Waals surface area contributed by atoms with Gasteiger partial charge in [0.2, 0.25) is 10.0 Å². The molecule has 3 N–H and O–H groups in total. The molecule has 0 radical (unpaired) electrons. The first-order valence-electron chi connectivity index (χ1n) is 5.33. The molecule has 0 unspecified atom stereocenters. The smallest absolute Gasteiger partial charge is 0.208 e. The second-order valence-electron chi connectivity index (χ2n) is 3.63. The summed E-state index contributed by atoms with van der Waals surface area (Å²) < 4.78 is 24.0. The van der Waals surface area contributed by atoms with Crippen molar-refractivity contribution < 1.29 is 8.42 Å². The number of nitrogens with one attached hydrogen (secondary N) is 3. The molecule has 1 heterocycles. The second kappa shape index (κ2) is 6.41. The Kier molecular flexibility index (Phi) is 5.17. The van der Waals surface area contributed by atoms with Crippen molar-refractivity contribution in [2.75, 3.05) is 37.0 Å². The fourth-order valence-corrected chi connectivity index (χ4v) is 1.77. The molecule has 0 aromatic carbocycles. The van der Waals surface area contributed by atoms with Gasteiger partial charge in [-0.25, -0.2) is 18.1 Å². The molecule has 0 aliphatic rings. The van der Waals surface area contributed by atoms with Crippen molar-refractivity contribution in [1.82, 2.24) is 9.71 Å². The fraction of sp³-hybridized carbons (Fsp3) is 0.500. The van der Waals surface area contributed by atoms with Crippen LogP contribution in [0.25, 0.3) is 0 Å². The van der Waals surface area contributed by atoms with Gasteiger partial charge in [0.15, 0.2) is 0 Å². The maximum atomic E-state index is 10.8. The maximum absolute atomic E-state index is 10.8. The molecular formula is C10H18N4O2S. The maximum Gasteiger partial charge on any atom is 0.208 e. The number of nitrogens with zero attached hydrogens (tertiary/aromatic N) is 1. The molecule has 0 fully saturated rings. The first-order valence-corrected chi connectivity index (χ1v) is 7.23. The van der Waals surface area contributed by atoms with E-state index in [1.165, 1.54) is 0 Å². The Labute approximate surface area is 102 Å². The quantitative estimate of drug-likeness (QED) is 0.619. The molecule has 1 rings (SSSR count). The second-order valence-corrected chi connectivity index (χ2v) is 5.46. The monoisotopic (exact) mass is 258 g/mol. The van der Waals surface area contributed by atoms with Crippen molar-refractivity contribution in [3.63, 3.8) is 0 Å². The van der Waals surface area contributed by atoms with Gasteiger partial charge in [-0.05, 0) is 12.5 Å². The number of anilines is 2. The van der Waals surface area contributed by atoms with Gasteiger partial charge in [0.25, 0.3) is 0 Å². The molecule has 7 heteroatoms. The van der Waals surface area contributed by atoms with Crippen LogP contribution in [0.15, 0.2) is 18.3 Å². The van der Waals surface area contributed by atoms with Crippen LogP contribution in [0.3, 0.4) is 0 Å². The zero-order valence-electron chi connectivity index (χ0n) is 10.0. The van der Waals surface area contributed by atoms with Crippen molar-refractivity contribution in [3.8, 4) is 0 Å². The van der Waals surface area contributed by atoms with E-state index in [-0.39, 0.29) is 0 Å². The lowest BCUT2D eigenvalue weighted by atomic mass is 10.3. The highest BCUT2D eigenvalue weighted by atomic mass is 32.2. The summed E-state index contributed by atoms with van der Waals surface area (Å²) in [6.45, 7) is 1.14. The average Bonchev–Trinajstić information content (AvgIpc) is 2.27. The minimum absolute atomic E-state index is 0.440. The Bertz CT molecular complexity index is 447. The van der Waals surface area contributed by atoms with Crippen LogP contribution in [0.4, 0.5) is 11.5 Å². The Balaban J connectivity index is 2.26. The molecule has 0 atom stereocenters. The van der Waals surface area contributed by atoms with E-state index in [1.54, 1.807) is 6.20 Å². The average molecular weight is 258 g/mol. The molecule has 0 spiro atoms. The van der Waals surface area contributed by atoms with E-state index in [4.69, 9.17) is 0 Å². The zero-order valence-corrected chi connectivity index (χ0v) is 10.8. The summed E-state index contributed by atoms with van der Waals surface area (Å²) in [5.74, 6) is 0.796. The van der Waals surface area contributed by atoms with E-state index in [2.05, 4.69) is 20.3 Å². The lowest BCUT2D eigenvalue weighted by Gasteiger charge is -2.07. The van der Waals surface area contributed by atoms with Crippen molar-refractivity contribution in [2.24, 2.45) is 0 Å². The van der Waals surface area contributed by atoms with Gasteiger partial charge in [0.05, 0.1) is 6.26 Å². The number of hydrogen-bond acceptors (Lipinski definition) is 5. The van der Waals surface area contributed by atoms with Crippen LogP contribution in [0.2, 0.25) is 0 Å². The van der Waals surface area contributed by atoms with Crippen LogP contribution in [0.5, 0.6) is 0 Å². The zero-order chi connectivity index (χ0) is 12.7. The molecule has 6 nitrogen and oxygen atoms in total. The van der Waals surface area contributed by atoms with Gasteiger partial charge < -0.3 is 10.6 Å². The molecule has 0 aliphatic carbocycles. The van der Waals surface area contributed by atoms with Gasteiger partial charge in [-0.2, -0.15) is 0 Å². The lowest BCUT2D eigenvalue weighted by Crippen LogP contribution is -2.24. The molecule has 17 heavy (non-hydrogen) atoms. The number of sulfonamides is 1. The summed E-state index contributed by atoms with van der Waals surface area (Å²) in [7, 11) is -1.27. The van der Waals surface area contributed by atoms with Gasteiger partial charge in [0, 0.05) is 38.1 Å². The molecule has 0 saturated heterocycles. The summed E-state index contributed by atoms with van der Waals surface area (Å²) in [5.41, 5.74) is 0.962. The van der Waals surface area contributed by atoms with E-state index in [9.17, 15) is 8.42 Å². The Morgan fingerprint density at radius 1 is 1.35 bits per heavy atom. The van der Waals surface area contributed by atoms with Gasteiger partial charge >= 0.3 is 0 Å². The summed E-state index contributed by atoms with van der Waals surface area (Å²) in [5, 5.41) is 6.14. The molecule has 0 amide bonds. The van der Waals surface area contributed by atoms with Crippen molar-refractivity contribution in [1.29, 1.82) is 0 Å². The van der Waals surface area contributed by atoms with E-state index in [0.717, 1.165) is 24.2 Å². The normalized spacial score (nSPS) is 11.2. The first-order chi connectivity index (χ1) is 8.01. The Hall–Kier alpha value is -1.34. The third-order valence-electron chi connectivity index (χ3n) is 2.06. The topological polar surface area (TPSA) is 83.1 Å². The standard InChI is InChI=1S/C10H18N4O2S/c1-11-10-8-9(4-7-13-10)12-5-3-6-14-17(2,15)16/h4,7-8,14H,3,5-6H2,1-2H3,(H2,11,12,13). The van der Waals surface area contributed by atoms with Gasteiger partial charge in [0.1, 0.15) is 5.82 Å². The van der Waals surface area contributed by atoms with Gasteiger partial charge in [-0.3, -0.25) is 0 Å². The Morgan fingerprint density at radius 2 is 2.12 bits per heavy atom. The van der Waals surface area contributed by atoms with Crippen LogP contribution in [-0.2, 0) is 10.0 Å². The Morgan fingerprint density at radius 3 is 2.76 bits per heavy atom. The van der Waals surface area contributed by atoms with Crippen LogP contribution in [0, 0.1) is 0 Å². The van der Waals surface area contributed by atoms with E-state index >= 15 is 0 Å². The number of aromatic nitrogens is 1. The molecular weight excluding hydrogens is 240 g/mol. The third kappa shape index (κ3) is 6.08. The predicted octanol–water partition coefficient (Wildman–Crippen LogP) is 0.474. The summed E-state index contributed by atoms with van der Waals surface area (Å²) in [4.78, 5) is 4.09. The van der Waals surface area contributed by atoms with Crippen molar-refractivity contribution >= 4 is 21.5 Å². The molecule has 0 aliphatic heterocycles. The van der Waals surface area contributed by atoms with Gasteiger partial charge in [-0.15, -0.1) is 0 Å². The minimum atomic E-state index is -3.08. The fourth-order valence-electron chi connectivity index (χ4n) is 1.26. The number of rotatable bonds is 7. The summed E-state index contributed by atoms with van der Waals surface area (Å²) >= 11 is 0. The molecule has 1 aromatic heterocycles.